The van der Waals surface area contributed by atoms with Gasteiger partial charge in [0.1, 0.15) is 11.6 Å². The van der Waals surface area contributed by atoms with Crippen molar-refractivity contribution in [1.82, 2.24) is 9.97 Å². The number of aromatic hydroxyl groups is 1. The lowest BCUT2D eigenvalue weighted by molar-refractivity contribution is 0.481. The van der Waals surface area contributed by atoms with Crippen LogP contribution >= 0.6 is 0 Å². The van der Waals surface area contributed by atoms with Gasteiger partial charge < -0.3 is 5.11 Å². The number of hydrogen-bond donors (Lipinski definition) is 1. The summed E-state index contributed by atoms with van der Waals surface area (Å²) in [5.41, 5.74) is 4.23. The van der Waals surface area contributed by atoms with Crippen LogP contribution < -0.4 is 0 Å². The van der Waals surface area contributed by atoms with E-state index in [1.54, 1.807) is 36.7 Å². The van der Waals surface area contributed by atoms with Crippen molar-refractivity contribution >= 4 is 10.9 Å². The molecule has 0 spiro atoms. The van der Waals surface area contributed by atoms with Crippen LogP contribution in [0.3, 0.4) is 0 Å². The SMILES string of the molecule is Oc1cc(-c2ccc(-c3ccc(F)cc3)cc2)nc2ccncc12. The van der Waals surface area contributed by atoms with Crippen LogP contribution in [0.4, 0.5) is 4.39 Å². The Morgan fingerprint density at radius 2 is 1.42 bits per heavy atom. The molecule has 0 amide bonds. The normalized spacial score (nSPS) is 10.9. The van der Waals surface area contributed by atoms with Gasteiger partial charge in [0.15, 0.2) is 0 Å². The highest BCUT2D eigenvalue weighted by Gasteiger charge is 2.07. The average Bonchev–Trinajstić information content (AvgIpc) is 2.62. The smallest absolute Gasteiger partial charge is 0.128 e. The van der Waals surface area contributed by atoms with E-state index in [0.717, 1.165) is 16.7 Å². The minimum absolute atomic E-state index is 0.158. The minimum atomic E-state index is -0.249. The number of fused-ring (bicyclic) bond motifs is 1. The van der Waals surface area contributed by atoms with Crippen LogP contribution in [0.1, 0.15) is 0 Å². The first-order valence-electron chi connectivity index (χ1n) is 7.51. The summed E-state index contributed by atoms with van der Waals surface area (Å²) in [6, 6.07) is 17.6. The summed E-state index contributed by atoms with van der Waals surface area (Å²) < 4.78 is 13.0. The van der Waals surface area contributed by atoms with Crippen molar-refractivity contribution in [2.24, 2.45) is 0 Å². The molecule has 0 saturated heterocycles. The molecule has 2 heterocycles. The summed E-state index contributed by atoms with van der Waals surface area (Å²) in [5, 5.41) is 10.8. The maximum atomic E-state index is 13.0. The number of rotatable bonds is 2. The first-order valence-corrected chi connectivity index (χ1v) is 7.51. The highest BCUT2D eigenvalue weighted by atomic mass is 19.1. The summed E-state index contributed by atoms with van der Waals surface area (Å²) in [6.07, 6.45) is 3.25. The molecule has 24 heavy (non-hydrogen) atoms. The second-order valence-corrected chi connectivity index (χ2v) is 5.50. The number of hydrogen-bond acceptors (Lipinski definition) is 3. The molecule has 4 heteroatoms. The van der Waals surface area contributed by atoms with E-state index in [0.29, 0.717) is 16.6 Å². The van der Waals surface area contributed by atoms with E-state index in [2.05, 4.69) is 9.97 Å². The molecular formula is C20H13FN2O. The number of aromatic nitrogens is 2. The van der Waals surface area contributed by atoms with Crippen molar-refractivity contribution in [1.29, 1.82) is 0 Å². The zero-order valence-corrected chi connectivity index (χ0v) is 12.6. The van der Waals surface area contributed by atoms with Gasteiger partial charge in [0, 0.05) is 24.0 Å². The molecule has 0 radical (unpaired) electrons. The van der Waals surface area contributed by atoms with E-state index in [9.17, 15) is 9.50 Å². The van der Waals surface area contributed by atoms with Gasteiger partial charge in [-0.3, -0.25) is 4.98 Å². The van der Waals surface area contributed by atoms with Gasteiger partial charge in [-0.25, -0.2) is 9.37 Å². The van der Waals surface area contributed by atoms with Crippen LogP contribution in [-0.4, -0.2) is 15.1 Å². The zero-order chi connectivity index (χ0) is 16.5. The molecule has 1 N–H and O–H groups in total. The van der Waals surface area contributed by atoms with E-state index in [1.165, 1.54) is 12.1 Å². The fourth-order valence-corrected chi connectivity index (χ4v) is 2.67. The van der Waals surface area contributed by atoms with Gasteiger partial charge in [-0.05, 0) is 29.3 Å². The average molecular weight is 316 g/mol. The monoisotopic (exact) mass is 316 g/mol. The molecule has 4 aromatic rings. The Morgan fingerprint density at radius 3 is 2.12 bits per heavy atom. The fraction of sp³-hybridized carbons (Fsp3) is 0. The summed E-state index contributed by atoms with van der Waals surface area (Å²) in [7, 11) is 0. The molecule has 116 valence electrons. The summed E-state index contributed by atoms with van der Waals surface area (Å²) >= 11 is 0. The molecule has 0 aliphatic rings. The minimum Gasteiger partial charge on any atom is -0.507 e. The van der Waals surface area contributed by atoms with E-state index in [4.69, 9.17) is 0 Å². The van der Waals surface area contributed by atoms with E-state index in [-0.39, 0.29) is 11.6 Å². The molecule has 0 atom stereocenters. The molecule has 0 bridgehead atoms. The Labute approximate surface area is 138 Å². The molecule has 3 nitrogen and oxygen atoms in total. The lowest BCUT2D eigenvalue weighted by Crippen LogP contribution is -1.87. The van der Waals surface area contributed by atoms with Crippen LogP contribution in [0, 0.1) is 5.82 Å². The molecule has 0 aliphatic carbocycles. The van der Waals surface area contributed by atoms with E-state index in [1.807, 2.05) is 24.3 Å². The lowest BCUT2D eigenvalue weighted by Gasteiger charge is -2.07. The van der Waals surface area contributed by atoms with Crippen molar-refractivity contribution in [3.05, 3.63) is 78.9 Å². The van der Waals surface area contributed by atoms with Gasteiger partial charge in [0.25, 0.3) is 0 Å². The van der Waals surface area contributed by atoms with Gasteiger partial charge in [-0.2, -0.15) is 0 Å². The predicted molar refractivity (Wildman–Crippen MR) is 92.0 cm³/mol. The first-order chi connectivity index (χ1) is 11.7. The largest absolute Gasteiger partial charge is 0.507 e. The Hall–Kier alpha value is -3.27. The van der Waals surface area contributed by atoms with Crippen molar-refractivity contribution in [2.75, 3.05) is 0 Å². The first kappa shape index (κ1) is 14.3. The topological polar surface area (TPSA) is 46.0 Å². The Bertz CT molecular complexity index is 1010. The number of benzene rings is 2. The van der Waals surface area contributed by atoms with Gasteiger partial charge >= 0.3 is 0 Å². The van der Waals surface area contributed by atoms with Crippen molar-refractivity contribution in [3.63, 3.8) is 0 Å². The van der Waals surface area contributed by atoms with Crippen LogP contribution in [-0.2, 0) is 0 Å². The van der Waals surface area contributed by atoms with Crippen molar-refractivity contribution in [2.45, 2.75) is 0 Å². The molecular weight excluding hydrogens is 303 g/mol. The molecule has 0 unspecified atom stereocenters. The molecule has 4 rings (SSSR count). The van der Waals surface area contributed by atoms with Gasteiger partial charge in [-0.1, -0.05) is 36.4 Å². The predicted octanol–water partition coefficient (Wildman–Crippen LogP) is 4.81. The van der Waals surface area contributed by atoms with Crippen LogP contribution in [0.15, 0.2) is 73.1 Å². The van der Waals surface area contributed by atoms with E-state index < -0.39 is 0 Å². The van der Waals surface area contributed by atoms with Crippen LogP contribution in [0.5, 0.6) is 5.75 Å². The van der Waals surface area contributed by atoms with Crippen molar-refractivity contribution < 1.29 is 9.50 Å². The summed E-state index contributed by atoms with van der Waals surface area (Å²) in [6.45, 7) is 0. The third-order valence-corrected chi connectivity index (χ3v) is 3.95. The van der Waals surface area contributed by atoms with Gasteiger partial charge in [0.05, 0.1) is 16.6 Å². The highest BCUT2D eigenvalue weighted by molar-refractivity contribution is 5.86. The number of pyridine rings is 2. The van der Waals surface area contributed by atoms with Crippen LogP contribution in [0.2, 0.25) is 0 Å². The van der Waals surface area contributed by atoms with Gasteiger partial charge in [-0.15, -0.1) is 0 Å². The molecule has 0 saturated carbocycles. The summed E-state index contributed by atoms with van der Waals surface area (Å²) in [4.78, 5) is 8.57. The Morgan fingerprint density at radius 1 is 0.792 bits per heavy atom. The Balaban J connectivity index is 1.74. The quantitative estimate of drug-likeness (QED) is 0.577. The molecule has 0 fully saturated rings. The second kappa shape index (κ2) is 5.74. The van der Waals surface area contributed by atoms with Crippen molar-refractivity contribution in [3.8, 4) is 28.1 Å². The molecule has 0 aliphatic heterocycles. The zero-order valence-electron chi connectivity index (χ0n) is 12.6. The Kier molecular flexibility index (Phi) is 3.43. The summed E-state index contributed by atoms with van der Waals surface area (Å²) in [5.74, 6) is -0.0913. The van der Waals surface area contributed by atoms with Gasteiger partial charge in [0.2, 0.25) is 0 Å². The van der Waals surface area contributed by atoms with E-state index >= 15 is 0 Å². The lowest BCUT2D eigenvalue weighted by atomic mass is 10.0. The second-order valence-electron chi connectivity index (χ2n) is 5.50. The third-order valence-electron chi connectivity index (χ3n) is 3.95. The number of nitrogens with zero attached hydrogens (tertiary/aromatic N) is 2. The molecule has 2 aromatic carbocycles. The fourth-order valence-electron chi connectivity index (χ4n) is 2.67. The highest BCUT2D eigenvalue weighted by Crippen LogP contribution is 2.29. The molecule has 2 aromatic heterocycles. The standard InChI is InChI=1S/C20H13FN2O/c21-16-7-5-14(6-8-16)13-1-3-15(4-2-13)19-11-20(24)17-12-22-10-9-18(17)23-19/h1-12H,(H,23,24). The maximum absolute atomic E-state index is 13.0. The third kappa shape index (κ3) is 2.58. The number of halogens is 1. The maximum Gasteiger partial charge on any atom is 0.128 e. The van der Waals surface area contributed by atoms with Crippen LogP contribution in [0.25, 0.3) is 33.3 Å².